The number of nitrogens with zero attached hydrogens (tertiary/aromatic N) is 3. The van der Waals surface area contributed by atoms with E-state index < -0.39 is 0 Å². The van der Waals surface area contributed by atoms with Crippen molar-refractivity contribution in [3.05, 3.63) is 59.4 Å². The van der Waals surface area contributed by atoms with Crippen LogP contribution in [-0.2, 0) is 0 Å². The first kappa shape index (κ1) is 20.3. The summed E-state index contributed by atoms with van der Waals surface area (Å²) in [6.07, 6.45) is 4.97. The van der Waals surface area contributed by atoms with Crippen LogP contribution in [0, 0.1) is 6.92 Å². The highest BCUT2D eigenvalue weighted by Gasteiger charge is 2.27. The Morgan fingerprint density at radius 2 is 2.03 bits per heavy atom. The lowest BCUT2D eigenvalue weighted by atomic mass is 10.0. The number of fused-ring (bicyclic) bond motifs is 1. The van der Waals surface area contributed by atoms with Gasteiger partial charge in [-0.2, -0.15) is 0 Å². The van der Waals surface area contributed by atoms with Crippen LogP contribution in [0.25, 0.3) is 11.0 Å². The van der Waals surface area contributed by atoms with E-state index in [4.69, 9.17) is 0 Å². The van der Waals surface area contributed by atoms with Gasteiger partial charge in [0.2, 0.25) is 0 Å². The first-order chi connectivity index (χ1) is 14.4. The van der Waals surface area contributed by atoms with E-state index in [1.54, 1.807) is 6.20 Å². The van der Waals surface area contributed by atoms with Gasteiger partial charge in [0.25, 0.3) is 5.91 Å². The summed E-state index contributed by atoms with van der Waals surface area (Å²) in [7, 11) is 0. The molecule has 5 heteroatoms. The maximum atomic E-state index is 13.5. The maximum absolute atomic E-state index is 13.5. The third kappa shape index (κ3) is 4.02. The fourth-order valence-corrected chi connectivity index (χ4v) is 4.14. The van der Waals surface area contributed by atoms with Crippen LogP contribution in [0.3, 0.4) is 0 Å². The van der Waals surface area contributed by atoms with Crippen molar-refractivity contribution >= 4 is 28.3 Å². The number of hydrogen-bond donors (Lipinski definition) is 1. The number of hydrogen-bond acceptors (Lipinski definition) is 4. The molecule has 0 spiro atoms. The number of anilines is 2. The van der Waals surface area contributed by atoms with Crippen molar-refractivity contribution in [1.82, 2.24) is 14.9 Å². The van der Waals surface area contributed by atoms with Crippen LogP contribution in [-0.4, -0.2) is 33.4 Å². The van der Waals surface area contributed by atoms with Crippen LogP contribution in [0.2, 0.25) is 0 Å². The van der Waals surface area contributed by atoms with Gasteiger partial charge in [0.15, 0.2) is 5.65 Å². The van der Waals surface area contributed by atoms with Gasteiger partial charge < -0.3 is 10.2 Å². The molecule has 1 aliphatic heterocycles. The van der Waals surface area contributed by atoms with Crippen molar-refractivity contribution in [1.29, 1.82) is 0 Å². The van der Waals surface area contributed by atoms with Crippen LogP contribution in [0.15, 0.2) is 42.6 Å². The number of carbonyl (C=O) groups is 1. The number of piperidine rings is 1. The zero-order valence-electron chi connectivity index (χ0n) is 18.3. The molecule has 30 heavy (non-hydrogen) atoms. The Balaban J connectivity index is 1.81. The summed E-state index contributed by atoms with van der Waals surface area (Å²) >= 11 is 0. The molecule has 0 saturated carbocycles. The molecule has 0 radical (unpaired) electrons. The normalized spacial score (nSPS) is 16.8. The molecular weight excluding hydrogens is 372 g/mol. The minimum atomic E-state index is 0.0414. The molecule has 4 rings (SSSR count). The Hall–Kier alpha value is -2.95. The molecule has 1 atom stereocenters. The van der Waals surface area contributed by atoms with Gasteiger partial charge in [-0.25, -0.2) is 9.97 Å². The van der Waals surface area contributed by atoms with Gasteiger partial charge in [-0.3, -0.25) is 4.79 Å². The molecule has 5 nitrogen and oxygen atoms in total. The molecule has 1 saturated heterocycles. The molecule has 156 valence electrons. The van der Waals surface area contributed by atoms with Gasteiger partial charge in [0.1, 0.15) is 0 Å². The van der Waals surface area contributed by atoms with Crippen molar-refractivity contribution in [3.8, 4) is 0 Å². The molecule has 2 aromatic heterocycles. The van der Waals surface area contributed by atoms with E-state index in [1.807, 2.05) is 30.0 Å². The molecule has 1 aliphatic rings. The zero-order valence-corrected chi connectivity index (χ0v) is 18.3. The number of benzene rings is 1. The van der Waals surface area contributed by atoms with Gasteiger partial charge >= 0.3 is 0 Å². The number of pyridine rings is 2. The number of aryl methyl sites for hydroxylation is 1. The Labute approximate surface area is 178 Å². The van der Waals surface area contributed by atoms with Crippen LogP contribution in [0.1, 0.15) is 67.6 Å². The number of likely N-dealkylation sites (tertiary alicyclic amines) is 1. The summed E-state index contributed by atoms with van der Waals surface area (Å²) in [5.74, 6) is 0.472. The fourth-order valence-electron chi connectivity index (χ4n) is 4.14. The van der Waals surface area contributed by atoms with Crippen LogP contribution in [0.5, 0.6) is 0 Å². The summed E-state index contributed by atoms with van der Waals surface area (Å²) in [4.78, 5) is 24.6. The highest BCUT2D eigenvalue weighted by molar-refractivity contribution is 6.07. The predicted molar refractivity (Wildman–Crippen MR) is 122 cm³/mol. The second-order valence-corrected chi connectivity index (χ2v) is 8.62. The summed E-state index contributed by atoms with van der Waals surface area (Å²) < 4.78 is 0. The summed E-state index contributed by atoms with van der Waals surface area (Å²) in [5, 5.41) is 4.40. The van der Waals surface area contributed by atoms with Gasteiger partial charge in [0.05, 0.1) is 11.3 Å². The Kier molecular flexibility index (Phi) is 5.71. The first-order valence-corrected chi connectivity index (χ1v) is 10.9. The Morgan fingerprint density at radius 3 is 2.80 bits per heavy atom. The van der Waals surface area contributed by atoms with Gasteiger partial charge in [-0.05, 0) is 68.9 Å². The molecule has 0 unspecified atom stereocenters. The van der Waals surface area contributed by atoms with Crippen molar-refractivity contribution in [2.45, 2.75) is 58.9 Å². The standard InChI is InChI=1S/C25H30N4O/c1-16(2)19-9-7-10-20(14-19)28-23-21-12-11-17(3)27-24(21)26-15-22(23)25(30)29-13-6-5-8-18(29)4/h7,9-12,14-16,18H,5-6,8,13H2,1-4H3,(H,26,27,28)/t18-/m0/s1. The molecule has 3 aromatic rings. The maximum Gasteiger partial charge on any atom is 0.257 e. The molecule has 0 bridgehead atoms. The van der Waals surface area contributed by atoms with Crippen molar-refractivity contribution < 1.29 is 4.79 Å². The predicted octanol–water partition coefficient (Wildman–Crippen LogP) is 5.82. The monoisotopic (exact) mass is 402 g/mol. The highest BCUT2D eigenvalue weighted by atomic mass is 16.2. The van der Waals surface area contributed by atoms with E-state index in [-0.39, 0.29) is 11.9 Å². The van der Waals surface area contributed by atoms with Gasteiger partial charge in [0, 0.05) is 35.6 Å². The summed E-state index contributed by atoms with van der Waals surface area (Å²) in [6.45, 7) is 9.25. The van der Waals surface area contributed by atoms with E-state index in [0.717, 1.165) is 41.8 Å². The van der Waals surface area contributed by atoms with E-state index in [9.17, 15) is 4.79 Å². The molecule has 0 aliphatic carbocycles. The lowest BCUT2D eigenvalue weighted by Crippen LogP contribution is -2.42. The number of rotatable bonds is 4. The second-order valence-electron chi connectivity index (χ2n) is 8.62. The average Bonchev–Trinajstić information content (AvgIpc) is 2.74. The molecule has 1 fully saturated rings. The van der Waals surface area contributed by atoms with E-state index >= 15 is 0 Å². The highest BCUT2D eigenvalue weighted by Crippen LogP contribution is 2.32. The molecule has 1 N–H and O–H groups in total. The fraction of sp³-hybridized carbons (Fsp3) is 0.400. The quantitative estimate of drug-likeness (QED) is 0.597. The van der Waals surface area contributed by atoms with Crippen LogP contribution >= 0.6 is 0 Å². The first-order valence-electron chi connectivity index (χ1n) is 10.9. The van der Waals surface area contributed by atoms with Crippen molar-refractivity contribution in [3.63, 3.8) is 0 Å². The van der Waals surface area contributed by atoms with Crippen LogP contribution < -0.4 is 5.32 Å². The minimum absolute atomic E-state index is 0.0414. The molecule has 1 amide bonds. The third-order valence-corrected chi connectivity index (χ3v) is 5.99. The summed E-state index contributed by atoms with van der Waals surface area (Å²) in [5.41, 5.74) is 5.18. The number of amides is 1. The SMILES string of the molecule is Cc1ccc2c(Nc3cccc(C(C)C)c3)c(C(=O)N3CCCC[C@@H]3C)cnc2n1. The van der Waals surface area contributed by atoms with E-state index in [1.165, 1.54) is 12.0 Å². The van der Waals surface area contributed by atoms with E-state index in [2.05, 4.69) is 54.3 Å². The van der Waals surface area contributed by atoms with Crippen molar-refractivity contribution in [2.75, 3.05) is 11.9 Å². The number of nitrogens with one attached hydrogen (secondary N) is 1. The third-order valence-electron chi connectivity index (χ3n) is 5.99. The number of carbonyl (C=O) groups excluding carboxylic acids is 1. The van der Waals surface area contributed by atoms with Gasteiger partial charge in [-0.15, -0.1) is 0 Å². The smallest absolute Gasteiger partial charge is 0.257 e. The minimum Gasteiger partial charge on any atom is -0.354 e. The summed E-state index contributed by atoms with van der Waals surface area (Å²) in [6, 6.07) is 12.6. The largest absolute Gasteiger partial charge is 0.354 e. The molecule has 3 heterocycles. The average molecular weight is 403 g/mol. The Morgan fingerprint density at radius 1 is 1.20 bits per heavy atom. The topological polar surface area (TPSA) is 58.1 Å². The van der Waals surface area contributed by atoms with Crippen molar-refractivity contribution in [2.24, 2.45) is 0 Å². The van der Waals surface area contributed by atoms with Gasteiger partial charge in [-0.1, -0.05) is 26.0 Å². The molecular formula is C25H30N4O. The second kappa shape index (κ2) is 8.42. The zero-order chi connectivity index (χ0) is 21.3. The number of aromatic nitrogens is 2. The van der Waals surface area contributed by atoms with Crippen LogP contribution in [0.4, 0.5) is 11.4 Å². The Bertz CT molecular complexity index is 1080. The molecule has 1 aromatic carbocycles. The lowest BCUT2D eigenvalue weighted by Gasteiger charge is -2.34. The lowest BCUT2D eigenvalue weighted by molar-refractivity contribution is 0.0636. The van der Waals surface area contributed by atoms with E-state index in [0.29, 0.717) is 17.1 Å².